The van der Waals surface area contributed by atoms with Crippen molar-refractivity contribution in [3.05, 3.63) is 45.7 Å². The van der Waals surface area contributed by atoms with E-state index in [0.29, 0.717) is 5.92 Å². The van der Waals surface area contributed by atoms with Crippen molar-refractivity contribution < 1.29 is 0 Å². The smallest absolute Gasteiger partial charge is 0.0621 e. The first-order valence-electron chi connectivity index (χ1n) is 7.26. The van der Waals surface area contributed by atoms with Crippen molar-refractivity contribution in [3.63, 3.8) is 0 Å². The van der Waals surface area contributed by atoms with E-state index in [-0.39, 0.29) is 0 Å². The summed E-state index contributed by atoms with van der Waals surface area (Å²) in [6, 6.07) is 2.22. The molecule has 0 amide bonds. The Morgan fingerprint density at radius 1 is 1.25 bits per heavy atom. The molecule has 2 aromatic rings. The van der Waals surface area contributed by atoms with Gasteiger partial charge in [-0.15, -0.1) is 11.3 Å². The van der Waals surface area contributed by atoms with Crippen molar-refractivity contribution in [2.75, 3.05) is 13.1 Å². The molecule has 0 spiro atoms. The summed E-state index contributed by atoms with van der Waals surface area (Å²) in [5.41, 5.74) is 3.64. The summed E-state index contributed by atoms with van der Waals surface area (Å²) in [5, 5.41) is 2.19. The van der Waals surface area contributed by atoms with E-state index in [2.05, 4.69) is 33.2 Å². The molecule has 3 nitrogen and oxygen atoms in total. The number of aryl methyl sites for hydroxylation is 2. The molecule has 1 aliphatic rings. The first-order valence-corrected chi connectivity index (χ1v) is 8.14. The van der Waals surface area contributed by atoms with E-state index in [4.69, 9.17) is 0 Å². The second-order valence-corrected chi connectivity index (χ2v) is 6.66. The highest BCUT2D eigenvalue weighted by Crippen LogP contribution is 2.28. The summed E-state index contributed by atoms with van der Waals surface area (Å²) < 4.78 is 0. The van der Waals surface area contributed by atoms with Gasteiger partial charge in [-0.3, -0.25) is 14.9 Å². The van der Waals surface area contributed by atoms with Gasteiger partial charge in [-0.1, -0.05) is 0 Å². The summed E-state index contributed by atoms with van der Waals surface area (Å²) in [5.74, 6) is 0.586. The molecule has 106 valence electrons. The SMILES string of the molecule is Cc1cncc(C2CCN(Cc3sccc3C)CC2)n1. The number of likely N-dealkylation sites (tertiary alicyclic amines) is 1. The maximum Gasteiger partial charge on any atom is 0.0621 e. The zero-order valence-corrected chi connectivity index (χ0v) is 13.0. The molecule has 0 bridgehead atoms. The molecule has 1 saturated heterocycles. The Labute approximate surface area is 124 Å². The highest BCUT2D eigenvalue weighted by Gasteiger charge is 2.22. The zero-order chi connectivity index (χ0) is 13.9. The quantitative estimate of drug-likeness (QED) is 0.864. The lowest BCUT2D eigenvalue weighted by atomic mass is 9.93. The van der Waals surface area contributed by atoms with E-state index in [0.717, 1.165) is 25.3 Å². The highest BCUT2D eigenvalue weighted by atomic mass is 32.1. The summed E-state index contributed by atoms with van der Waals surface area (Å²) in [6.45, 7) is 7.66. The van der Waals surface area contributed by atoms with Gasteiger partial charge in [0.25, 0.3) is 0 Å². The maximum absolute atomic E-state index is 4.63. The third-order valence-corrected chi connectivity index (χ3v) is 5.12. The average molecular weight is 287 g/mol. The summed E-state index contributed by atoms with van der Waals surface area (Å²) >= 11 is 1.88. The second kappa shape index (κ2) is 6.02. The van der Waals surface area contributed by atoms with Crippen molar-refractivity contribution in [2.24, 2.45) is 0 Å². The van der Waals surface area contributed by atoms with E-state index in [9.17, 15) is 0 Å². The predicted molar refractivity (Wildman–Crippen MR) is 83.1 cm³/mol. The van der Waals surface area contributed by atoms with Crippen LogP contribution in [0.4, 0.5) is 0 Å². The molecule has 0 radical (unpaired) electrons. The van der Waals surface area contributed by atoms with E-state index in [1.165, 1.54) is 29.0 Å². The summed E-state index contributed by atoms with van der Waals surface area (Å²) in [4.78, 5) is 13.0. The third-order valence-electron chi connectivity index (χ3n) is 4.11. The van der Waals surface area contributed by atoms with Gasteiger partial charge in [0.1, 0.15) is 0 Å². The van der Waals surface area contributed by atoms with E-state index in [1.54, 1.807) is 0 Å². The van der Waals surface area contributed by atoms with Gasteiger partial charge >= 0.3 is 0 Å². The van der Waals surface area contributed by atoms with Crippen LogP contribution in [0.3, 0.4) is 0 Å². The molecule has 0 aliphatic carbocycles. The molecule has 0 saturated carbocycles. The maximum atomic E-state index is 4.63. The number of nitrogens with zero attached hydrogens (tertiary/aromatic N) is 3. The number of rotatable bonds is 3. The van der Waals surface area contributed by atoms with Crippen LogP contribution in [0, 0.1) is 13.8 Å². The lowest BCUT2D eigenvalue weighted by molar-refractivity contribution is 0.204. The van der Waals surface area contributed by atoms with Gasteiger partial charge in [0.05, 0.1) is 11.4 Å². The second-order valence-electron chi connectivity index (χ2n) is 5.66. The van der Waals surface area contributed by atoms with Crippen LogP contribution in [0.5, 0.6) is 0 Å². The minimum Gasteiger partial charge on any atom is -0.298 e. The predicted octanol–water partition coefficient (Wildman–Crippen LogP) is 3.53. The average Bonchev–Trinajstić information content (AvgIpc) is 2.85. The van der Waals surface area contributed by atoms with Crippen molar-refractivity contribution in [2.45, 2.75) is 39.2 Å². The first kappa shape index (κ1) is 13.7. The topological polar surface area (TPSA) is 29.0 Å². The van der Waals surface area contributed by atoms with Crippen LogP contribution in [-0.2, 0) is 6.54 Å². The van der Waals surface area contributed by atoms with Crippen molar-refractivity contribution in [1.82, 2.24) is 14.9 Å². The number of piperidine rings is 1. The minimum atomic E-state index is 0.586. The fraction of sp³-hybridized carbons (Fsp3) is 0.500. The molecule has 0 aromatic carbocycles. The molecule has 3 heterocycles. The van der Waals surface area contributed by atoms with Gasteiger partial charge in [-0.25, -0.2) is 0 Å². The highest BCUT2D eigenvalue weighted by molar-refractivity contribution is 7.10. The van der Waals surface area contributed by atoms with Crippen LogP contribution in [-0.4, -0.2) is 28.0 Å². The van der Waals surface area contributed by atoms with Crippen molar-refractivity contribution >= 4 is 11.3 Å². The Morgan fingerprint density at radius 3 is 2.70 bits per heavy atom. The number of aromatic nitrogens is 2. The number of hydrogen-bond donors (Lipinski definition) is 0. The van der Waals surface area contributed by atoms with Crippen LogP contribution < -0.4 is 0 Å². The van der Waals surface area contributed by atoms with Gasteiger partial charge in [0, 0.05) is 29.7 Å². The zero-order valence-electron chi connectivity index (χ0n) is 12.2. The van der Waals surface area contributed by atoms with E-state index in [1.807, 2.05) is 30.7 Å². The van der Waals surface area contributed by atoms with Gasteiger partial charge in [-0.05, 0) is 56.8 Å². The van der Waals surface area contributed by atoms with Crippen LogP contribution in [0.15, 0.2) is 23.8 Å². The summed E-state index contributed by atoms with van der Waals surface area (Å²) in [6.07, 6.45) is 6.17. The lowest BCUT2D eigenvalue weighted by Gasteiger charge is -2.31. The molecule has 1 aliphatic heterocycles. The molecule has 4 heteroatoms. The van der Waals surface area contributed by atoms with E-state index >= 15 is 0 Å². The molecule has 0 atom stereocenters. The molecule has 1 fully saturated rings. The fourth-order valence-corrected chi connectivity index (χ4v) is 3.78. The van der Waals surface area contributed by atoms with Crippen molar-refractivity contribution in [1.29, 1.82) is 0 Å². The molecule has 3 rings (SSSR count). The minimum absolute atomic E-state index is 0.586. The molecule has 0 unspecified atom stereocenters. The lowest BCUT2D eigenvalue weighted by Crippen LogP contribution is -2.32. The van der Waals surface area contributed by atoms with Crippen LogP contribution in [0.25, 0.3) is 0 Å². The largest absolute Gasteiger partial charge is 0.298 e. The number of thiophene rings is 1. The van der Waals surface area contributed by atoms with Gasteiger partial charge in [0.2, 0.25) is 0 Å². The van der Waals surface area contributed by atoms with Crippen LogP contribution in [0.2, 0.25) is 0 Å². The van der Waals surface area contributed by atoms with E-state index < -0.39 is 0 Å². The first-order chi connectivity index (χ1) is 9.72. The van der Waals surface area contributed by atoms with Crippen molar-refractivity contribution in [3.8, 4) is 0 Å². The third kappa shape index (κ3) is 3.07. The Morgan fingerprint density at radius 2 is 2.05 bits per heavy atom. The standard InChI is InChI=1S/C16H21N3S/c1-12-5-8-20-16(12)11-19-6-3-14(4-7-19)15-10-17-9-13(2)18-15/h5,8-10,14H,3-4,6-7,11H2,1-2H3. The normalized spacial score (nSPS) is 17.5. The number of hydrogen-bond acceptors (Lipinski definition) is 4. The molecule has 0 N–H and O–H groups in total. The Hall–Kier alpha value is -1.26. The molecular formula is C16H21N3S. The monoisotopic (exact) mass is 287 g/mol. The molecule has 20 heavy (non-hydrogen) atoms. The molecule has 2 aromatic heterocycles. The Kier molecular flexibility index (Phi) is 4.13. The fourth-order valence-electron chi connectivity index (χ4n) is 2.84. The Balaban J connectivity index is 1.58. The van der Waals surface area contributed by atoms with Gasteiger partial charge < -0.3 is 0 Å². The Bertz CT molecular complexity index is 571. The summed E-state index contributed by atoms with van der Waals surface area (Å²) in [7, 11) is 0. The van der Waals surface area contributed by atoms with Gasteiger partial charge in [0.15, 0.2) is 0 Å². The van der Waals surface area contributed by atoms with Crippen LogP contribution in [0.1, 0.15) is 40.6 Å². The van der Waals surface area contributed by atoms with Crippen LogP contribution >= 0.6 is 11.3 Å². The van der Waals surface area contributed by atoms with Gasteiger partial charge in [-0.2, -0.15) is 0 Å². The molecular weight excluding hydrogens is 266 g/mol.